The molecule has 0 saturated heterocycles. The number of hydrogen-bond acceptors (Lipinski definition) is 4. The molecule has 0 saturated carbocycles. The third kappa shape index (κ3) is 4.69. The van der Waals surface area contributed by atoms with Gasteiger partial charge in [0.15, 0.2) is 0 Å². The zero-order valence-corrected chi connectivity index (χ0v) is 19.4. The van der Waals surface area contributed by atoms with Gasteiger partial charge in [0.2, 0.25) is 5.91 Å². The number of nitrogens with zero attached hydrogens (tertiary/aromatic N) is 2. The van der Waals surface area contributed by atoms with E-state index in [-0.39, 0.29) is 24.6 Å². The minimum atomic E-state index is -0.811. The molecule has 2 aromatic carbocycles. The summed E-state index contributed by atoms with van der Waals surface area (Å²) in [4.78, 5) is 29.5. The number of hydrogen-bond donors (Lipinski definition) is 2. The lowest BCUT2D eigenvalue weighted by Crippen LogP contribution is -2.27. The molecule has 0 fully saturated rings. The third-order valence-corrected chi connectivity index (χ3v) is 6.64. The molecule has 0 radical (unpaired) electrons. The number of rotatable bonds is 7. The second kappa shape index (κ2) is 9.52. The van der Waals surface area contributed by atoms with Crippen molar-refractivity contribution in [3.05, 3.63) is 101 Å². The molecule has 2 amide bonds. The van der Waals surface area contributed by atoms with Crippen molar-refractivity contribution in [2.75, 3.05) is 0 Å². The summed E-state index contributed by atoms with van der Waals surface area (Å²) in [6, 6.07) is 22.0. The van der Waals surface area contributed by atoms with E-state index < -0.39 is 11.7 Å². The average Bonchev–Trinajstić information content (AvgIpc) is 3.51. The first-order valence-corrected chi connectivity index (χ1v) is 11.8. The predicted octanol–water partition coefficient (Wildman–Crippen LogP) is 4.99. The van der Waals surface area contributed by atoms with Gasteiger partial charge in [0.1, 0.15) is 12.4 Å². The monoisotopic (exact) mass is 484 g/mol. The molecule has 0 aliphatic rings. The minimum absolute atomic E-state index is 0.126. The van der Waals surface area contributed by atoms with Crippen molar-refractivity contribution in [2.45, 2.75) is 13.1 Å². The Hall–Kier alpha value is -4.30. The van der Waals surface area contributed by atoms with Gasteiger partial charge in [-0.2, -0.15) is 0 Å². The Labute approximate surface area is 204 Å². The number of benzene rings is 2. The van der Waals surface area contributed by atoms with Crippen LogP contribution in [0.25, 0.3) is 32.6 Å². The Bertz CT molecular complexity index is 1530. The fourth-order valence-corrected chi connectivity index (χ4v) is 4.74. The molecular weight excluding hydrogens is 463 g/mol. The highest BCUT2D eigenvalue weighted by atomic mass is 32.1. The van der Waals surface area contributed by atoms with Crippen LogP contribution in [0.3, 0.4) is 0 Å². The summed E-state index contributed by atoms with van der Waals surface area (Å²) in [5.74, 6) is -1.61. The number of nitrogens with one attached hydrogen (secondary N) is 1. The maximum absolute atomic E-state index is 14.1. The summed E-state index contributed by atoms with van der Waals surface area (Å²) in [7, 11) is 0. The lowest BCUT2D eigenvalue weighted by atomic mass is 10.0. The summed E-state index contributed by atoms with van der Waals surface area (Å²) >= 11 is 1.64. The third-order valence-electron chi connectivity index (χ3n) is 5.75. The van der Waals surface area contributed by atoms with Crippen molar-refractivity contribution in [1.82, 2.24) is 14.9 Å². The lowest BCUT2D eigenvalue weighted by molar-refractivity contribution is -0.121. The van der Waals surface area contributed by atoms with E-state index in [1.807, 2.05) is 46.3 Å². The van der Waals surface area contributed by atoms with Crippen LogP contribution in [0.5, 0.6) is 0 Å². The SMILES string of the molecule is NC(=O)c1ccc(-c2ccc(CNC(=O)Cn3c(-c4cccs4)cc4ccccc43)nc2)cc1F. The fraction of sp³-hybridized carbons (Fsp3) is 0.0741. The number of halogens is 1. The number of amides is 2. The number of para-hydroxylation sites is 1. The number of primary amides is 1. The van der Waals surface area contributed by atoms with E-state index >= 15 is 0 Å². The van der Waals surface area contributed by atoms with Gasteiger partial charge in [-0.1, -0.05) is 36.4 Å². The van der Waals surface area contributed by atoms with E-state index in [9.17, 15) is 14.0 Å². The summed E-state index contributed by atoms with van der Waals surface area (Å²) in [5.41, 5.74) is 8.96. The van der Waals surface area contributed by atoms with Crippen LogP contribution in [-0.4, -0.2) is 21.4 Å². The van der Waals surface area contributed by atoms with E-state index in [0.29, 0.717) is 16.8 Å². The van der Waals surface area contributed by atoms with Crippen LogP contribution in [-0.2, 0) is 17.9 Å². The average molecular weight is 485 g/mol. The summed E-state index contributed by atoms with van der Waals surface area (Å²) < 4.78 is 16.1. The van der Waals surface area contributed by atoms with Crippen molar-refractivity contribution in [3.8, 4) is 21.7 Å². The van der Waals surface area contributed by atoms with E-state index in [4.69, 9.17) is 5.73 Å². The predicted molar refractivity (Wildman–Crippen MR) is 135 cm³/mol. The first-order valence-electron chi connectivity index (χ1n) is 10.9. The number of nitrogens with two attached hydrogens (primary N) is 1. The zero-order valence-electron chi connectivity index (χ0n) is 18.6. The highest BCUT2D eigenvalue weighted by Crippen LogP contribution is 2.31. The number of carbonyl (C=O) groups excluding carboxylic acids is 2. The fourth-order valence-electron chi connectivity index (χ4n) is 3.99. The van der Waals surface area contributed by atoms with Gasteiger partial charge in [-0.05, 0) is 47.3 Å². The van der Waals surface area contributed by atoms with Gasteiger partial charge in [0.25, 0.3) is 5.91 Å². The Morgan fingerprint density at radius 1 is 1.00 bits per heavy atom. The molecule has 6 nitrogen and oxygen atoms in total. The van der Waals surface area contributed by atoms with Gasteiger partial charge in [-0.25, -0.2) is 4.39 Å². The van der Waals surface area contributed by atoms with Crippen molar-refractivity contribution in [3.63, 3.8) is 0 Å². The summed E-state index contributed by atoms with van der Waals surface area (Å²) in [6.07, 6.45) is 1.61. The standard InChI is InChI=1S/C27H21FN4O2S/c28-22-12-17(8-10-21(22)27(29)34)19-7-9-20(30-14-19)15-31-26(33)16-32-23-5-2-1-4-18(23)13-24(32)25-6-3-11-35-25/h1-14H,15-16H2,(H2,29,34)(H,31,33). The molecule has 3 aromatic heterocycles. The molecule has 0 aliphatic carbocycles. The Kier molecular flexibility index (Phi) is 6.12. The molecule has 0 spiro atoms. The number of carbonyl (C=O) groups is 2. The van der Waals surface area contributed by atoms with Gasteiger partial charge < -0.3 is 15.6 Å². The first kappa shape index (κ1) is 22.5. The first-order chi connectivity index (χ1) is 17.0. The minimum Gasteiger partial charge on any atom is -0.366 e. The zero-order chi connectivity index (χ0) is 24.4. The van der Waals surface area contributed by atoms with Crippen LogP contribution in [0.1, 0.15) is 16.1 Å². The van der Waals surface area contributed by atoms with Crippen molar-refractivity contribution >= 4 is 34.1 Å². The lowest BCUT2D eigenvalue weighted by Gasteiger charge is -2.11. The van der Waals surface area contributed by atoms with E-state index in [2.05, 4.69) is 16.4 Å². The Balaban J connectivity index is 1.28. The summed E-state index contributed by atoms with van der Waals surface area (Å²) in [6.45, 7) is 0.450. The van der Waals surface area contributed by atoms with E-state index in [1.54, 1.807) is 35.7 Å². The van der Waals surface area contributed by atoms with Gasteiger partial charge in [-0.15, -0.1) is 11.3 Å². The normalized spacial score (nSPS) is 11.0. The quantitative estimate of drug-likeness (QED) is 0.341. The highest BCUT2D eigenvalue weighted by molar-refractivity contribution is 7.13. The second-order valence-corrected chi connectivity index (χ2v) is 8.97. The van der Waals surface area contributed by atoms with E-state index in [1.165, 1.54) is 12.1 Å². The molecule has 174 valence electrons. The maximum Gasteiger partial charge on any atom is 0.251 e. The van der Waals surface area contributed by atoms with E-state index in [0.717, 1.165) is 21.5 Å². The molecule has 0 bridgehead atoms. The van der Waals surface area contributed by atoms with Crippen molar-refractivity contribution < 1.29 is 14.0 Å². The van der Waals surface area contributed by atoms with Gasteiger partial charge >= 0.3 is 0 Å². The molecule has 0 atom stereocenters. The van der Waals surface area contributed by atoms with Crippen LogP contribution in [0.15, 0.2) is 84.4 Å². The Morgan fingerprint density at radius 2 is 1.83 bits per heavy atom. The number of thiophene rings is 1. The Morgan fingerprint density at radius 3 is 2.54 bits per heavy atom. The van der Waals surface area contributed by atoms with Crippen LogP contribution in [0.2, 0.25) is 0 Å². The maximum atomic E-state index is 14.1. The molecule has 5 aromatic rings. The number of pyridine rings is 1. The molecule has 5 rings (SSSR count). The van der Waals surface area contributed by atoms with Crippen molar-refractivity contribution in [2.24, 2.45) is 5.73 Å². The van der Waals surface area contributed by atoms with Crippen LogP contribution >= 0.6 is 11.3 Å². The molecule has 35 heavy (non-hydrogen) atoms. The molecule has 0 unspecified atom stereocenters. The molecule has 3 N–H and O–H groups in total. The molecule has 3 heterocycles. The summed E-state index contributed by atoms with van der Waals surface area (Å²) in [5, 5.41) is 6.04. The van der Waals surface area contributed by atoms with Gasteiger partial charge in [-0.3, -0.25) is 14.6 Å². The van der Waals surface area contributed by atoms with Gasteiger partial charge in [0.05, 0.1) is 28.4 Å². The van der Waals surface area contributed by atoms with Crippen LogP contribution < -0.4 is 11.1 Å². The molecule has 0 aliphatic heterocycles. The smallest absolute Gasteiger partial charge is 0.251 e. The molecular formula is C27H21FN4O2S. The van der Waals surface area contributed by atoms with Gasteiger partial charge in [0, 0.05) is 22.7 Å². The van der Waals surface area contributed by atoms with Crippen molar-refractivity contribution in [1.29, 1.82) is 0 Å². The largest absolute Gasteiger partial charge is 0.366 e. The van der Waals surface area contributed by atoms with Crippen LogP contribution in [0.4, 0.5) is 4.39 Å². The van der Waals surface area contributed by atoms with Crippen LogP contribution in [0, 0.1) is 5.82 Å². The highest BCUT2D eigenvalue weighted by Gasteiger charge is 2.14. The number of fused-ring (bicyclic) bond motifs is 1. The molecule has 8 heteroatoms. The second-order valence-electron chi connectivity index (χ2n) is 8.03. The topological polar surface area (TPSA) is 90.0 Å². The number of aromatic nitrogens is 2.